The van der Waals surface area contributed by atoms with E-state index in [4.69, 9.17) is 5.11 Å². The Balaban J connectivity index is 2.88. The normalized spacial score (nSPS) is 14.9. The summed E-state index contributed by atoms with van der Waals surface area (Å²) in [5.74, 6) is -0.133. The smallest absolute Gasteiger partial charge is 0.129 e. The number of hydrogen-bond donors (Lipinski definition) is 2. The van der Waals surface area contributed by atoms with E-state index >= 15 is 0 Å². The highest BCUT2D eigenvalue weighted by molar-refractivity contribution is 5.32. The maximum Gasteiger partial charge on any atom is 0.129 e. The van der Waals surface area contributed by atoms with Crippen LogP contribution in [-0.2, 0) is 0 Å². The number of hydrogen-bond acceptors (Lipinski definition) is 2. The van der Waals surface area contributed by atoms with Gasteiger partial charge in [-0.05, 0) is 44.4 Å². The number of rotatable bonds is 4. The zero-order valence-electron chi connectivity index (χ0n) is 10.3. The number of aryl methyl sites for hydroxylation is 2. The SMILES string of the molecule is Cc1cc(C(C)N[C@@H](C)CO)cc(C)c1F. The topological polar surface area (TPSA) is 32.3 Å². The molecule has 0 radical (unpaired) electrons. The predicted octanol–water partition coefficient (Wildman–Crippen LogP) is 2.47. The lowest BCUT2D eigenvalue weighted by Gasteiger charge is -2.19. The van der Waals surface area contributed by atoms with E-state index in [1.54, 1.807) is 13.8 Å². The van der Waals surface area contributed by atoms with Gasteiger partial charge in [-0.2, -0.15) is 0 Å². The molecule has 16 heavy (non-hydrogen) atoms. The molecule has 1 rings (SSSR count). The van der Waals surface area contributed by atoms with E-state index in [1.807, 2.05) is 26.0 Å². The summed E-state index contributed by atoms with van der Waals surface area (Å²) in [6.45, 7) is 7.57. The van der Waals surface area contributed by atoms with Gasteiger partial charge in [-0.1, -0.05) is 12.1 Å². The van der Waals surface area contributed by atoms with Crippen LogP contribution in [0.3, 0.4) is 0 Å². The summed E-state index contributed by atoms with van der Waals surface area (Å²) in [6, 6.07) is 3.86. The molecule has 2 atom stereocenters. The largest absolute Gasteiger partial charge is 0.395 e. The van der Waals surface area contributed by atoms with Crippen molar-refractivity contribution < 1.29 is 9.50 Å². The minimum atomic E-state index is -0.133. The zero-order valence-corrected chi connectivity index (χ0v) is 10.3. The average Bonchev–Trinajstić information content (AvgIpc) is 2.24. The molecule has 0 saturated carbocycles. The highest BCUT2D eigenvalue weighted by Crippen LogP contribution is 2.20. The molecule has 0 aliphatic rings. The maximum absolute atomic E-state index is 13.4. The second kappa shape index (κ2) is 5.41. The molecule has 0 amide bonds. The Kier molecular flexibility index (Phi) is 4.44. The predicted molar refractivity (Wildman–Crippen MR) is 64.0 cm³/mol. The first-order valence-electron chi connectivity index (χ1n) is 5.59. The third kappa shape index (κ3) is 3.03. The van der Waals surface area contributed by atoms with Gasteiger partial charge in [-0.25, -0.2) is 4.39 Å². The van der Waals surface area contributed by atoms with Gasteiger partial charge in [-0.15, -0.1) is 0 Å². The molecule has 1 aromatic rings. The molecule has 0 aliphatic carbocycles. The number of aliphatic hydroxyl groups is 1. The summed E-state index contributed by atoms with van der Waals surface area (Å²) in [7, 11) is 0. The zero-order chi connectivity index (χ0) is 12.3. The number of nitrogens with one attached hydrogen (secondary N) is 1. The molecular weight excluding hydrogens is 205 g/mol. The first-order chi connectivity index (χ1) is 7.45. The van der Waals surface area contributed by atoms with Crippen molar-refractivity contribution in [1.29, 1.82) is 0 Å². The van der Waals surface area contributed by atoms with Gasteiger partial charge in [0.05, 0.1) is 6.61 Å². The maximum atomic E-state index is 13.4. The van der Waals surface area contributed by atoms with Gasteiger partial charge in [0.2, 0.25) is 0 Å². The highest BCUT2D eigenvalue weighted by Gasteiger charge is 2.11. The summed E-state index contributed by atoms with van der Waals surface area (Å²) >= 11 is 0. The van der Waals surface area contributed by atoms with Gasteiger partial charge < -0.3 is 10.4 Å². The number of benzene rings is 1. The monoisotopic (exact) mass is 225 g/mol. The van der Waals surface area contributed by atoms with Gasteiger partial charge in [0, 0.05) is 12.1 Å². The molecule has 0 fully saturated rings. The molecule has 90 valence electrons. The lowest BCUT2D eigenvalue weighted by atomic mass is 10.0. The minimum Gasteiger partial charge on any atom is -0.395 e. The van der Waals surface area contributed by atoms with Gasteiger partial charge in [0.1, 0.15) is 5.82 Å². The Morgan fingerprint density at radius 2 is 1.75 bits per heavy atom. The molecule has 0 aromatic heterocycles. The van der Waals surface area contributed by atoms with Crippen LogP contribution in [0.4, 0.5) is 4.39 Å². The average molecular weight is 225 g/mol. The molecule has 0 bridgehead atoms. The fraction of sp³-hybridized carbons (Fsp3) is 0.538. The number of halogens is 1. The van der Waals surface area contributed by atoms with Crippen molar-refractivity contribution in [2.24, 2.45) is 0 Å². The van der Waals surface area contributed by atoms with Crippen LogP contribution >= 0.6 is 0 Å². The van der Waals surface area contributed by atoms with Gasteiger partial charge >= 0.3 is 0 Å². The summed E-state index contributed by atoms with van der Waals surface area (Å²) in [5.41, 5.74) is 2.39. The Labute approximate surface area is 96.5 Å². The van der Waals surface area contributed by atoms with Crippen LogP contribution in [-0.4, -0.2) is 17.8 Å². The van der Waals surface area contributed by atoms with E-state index in [1.165, 1.54) is 0 Å². The van der Waals surface area contributed by atoms with Crippen molar-refractivity contribution in [2.45, 2.75) is 39.8 Å². The Morgan fingerprint density at radius 3 is 2.19 bits per heavy atom. The summed E-state index contributed by atoms with van der Waals surface area (Å²) < 4.78 is 13.4. The van der Waals surface area contributed by atoms with Crippen molar-refractivity contribution in [1.82, 2.24) is 5.32 Å². The molecule has 2 nitrogen and oxygen atoms in total. The third-order valence-electron chi connectivity index (χ3n) is 2.77. The third-order valence-corrected chi connectivity index (χ3v) is 2.77. The molecule has 1 aromatic carbocycles. The van der Waals surface area contributed by atoms with Gasteiger partial charge in [0.15, 0.2) is 0 Å². The Morgan fingerprint density at radius 1 is 1.25 bits per heavy atom. The van der Waals surface area contributed by atoms with Crippen molar-refractivity contribution in [3.8, 4) is 0 Å². The molecule has 0 heterocycles. The first-order valence-corrected chi connectivity index (χ1v) is 5.59. The van der Waals surface area contributed by atoms with Crippen LogP contribution in [0.2, 0.25) is 0 Å². The number of aliphatic hydroxyl groups excluding tert-OH is 1. The van der Waals surface area contributed by atoms with Crippen LogP contribution in [0.5, 0.6) is 0 Å². The van der Waals surface area contributed by atoms with Crippen LogP contribution < -0.4 is 5.32 Å². The Bertz CT molecular complexity index is 342. The summed E-state index contributed by atoms with van der Waals surface area (Å²) in [4.78, 5) is 0. The quantitative estimate of drug-likeness (QED) is 0.825. The van der Waals surface area contributed by atoms with E-state index in [2.05, 4.69) is 5.32 Å². The lowest BCUT2D eigenvalue weighted by molar-refractivity contribution is 0.243. The minimum absolute atomic E-state index is 0.0423. The van der Waals surface area contributed by atoms with Crippen molar-refractivity contribution in [3.63, 3.8) is 0 Å². The molecule has 0 aliphatic heterocycles. The van der Waals surface area contributed by atoms with E-state index in [0.29, 0.717) is 11.1 Å². The molecule has 1 unspecified atom stereocenters. The second-order valence-electron chi connectivity index (χ2n) is 4.44. The van der Waals surface area contributed by atoms with Crippen LogP contribution in [0.25, 0.3) is 0 Å². The second-order valence-corrected chi connectivity index (χ2v) is 4.44. The van der Waals surface area contributed by atoms with E-state index < -0.39 is 0 Å². The summed E-state index contributed by atoms with van der Waals surface area (Å²) in [5, 5.41) is 12.2. The van der Waals surface area contributed by atoms with Gasteiger partial charge in [0.25, 0.3) is 0 Å². The van der Waals surface area contributed by atoms with Crippen molar-refractivity contribution in [3.05, 3.63) is 34.6 Å². The van der Waals surface area contributed by atoms with E-state index in [0.717, 1.165) is 5.56 Å². The van der Waals surface area contributed by atoms with E-state index in [-0.39, 0.29) is 24.5 Å². The van der Waals surface area contributed by atoms with Crippen molar-refractivity contribution >= 4 is 0 Å². The van der Waals surface area contributed by atoms with Crippen molar-refractivity contribution in [2.75, 3.05) is 6.61 Å². The standard InChI is InChI=1S/C13H20FNO/c1-8-5-12(6-9(2)13(8)14)11(4)15-10(3)7-16/h5-6,10-11,15-16H,7H2,1-4H3/t10-,11?/m0/s1. The fourth-order valence-electron chi connectivity index (χ4n) is 1.81. The van der Waals surface area contributed by atoms with Crippen LogP contribution in [0.15, 0.2) is 12.1 Å². The van der Waals surface area contributed by atoms with Gasteiger partial charge in [-0.3, -0.25) is 0 Å². The summed E-state index contributed by atoms with van der Waals surface area (Å²) in [6.07, 6.45) is 0. The molecule has 2 N–H and O–H groups in total. The van der Waals surface area contributed by atoms with Crippen LogP contribution in [0, 0.1) is 19.7 Å². The van der Waals surface area contributed by atoms with E-state index in [9.17, 15) is 4.39 Å². The fourth-order valence-corrected chi connectivity index (χ4v) is 1.81. The Hall–Kier alpha value is -0.930. The highest BCUT2D eigenvalue weighted by atomic mass is 19.1. The molecule has 0 saturated heterocycles. The van der Waals surface area contributed by atoms with Crippen LogP contribution in [0.1, 0.15) is 36.6 Å². The molecule has 3 heteroatoms. The lowest BCUT2D eigenvalue weighted by Crippen LogP contribution is -2.31. The first kappa shape index (κ1) is 13.1. The molecule has 0 spiro atoms. The molecular formula is C13H20FNO.